The first-order valence-electron chi connectivity index (χ1n) is 5.23. The van der Waals surface area contributed by atoms with Crippen LogP contribution in [-0.2, 0) is 9.53 Å². The molecule has 0 rings (SSSR count). The number of hydrogen-bond donors (Lipinski definition) is 2. The molecule has 0 aromatic rings. The second kappa shape index (κ2) is 7.43. The Kier molecular flexibility index (Phi) is 6.99. The standard InChI is InChI=1S/C11H21NO3/c1-5-7-12-10(8(3)9(4)13)11(14)15-6-2/h5,8-10,12-13H,1,6-7H2,2-4H3/t8-,9+,10-/m0/s1. The van der Waals surface area contributed by atoms with Crippen molar-refractivity contribution in [1.82, 2.24) is 5.32 Å². The van der Waals surface area contributed by atoms with Crippen molar-refractivity contribution < 1.29 is 14.6 Å². The molecule has 4 nitrogen and oxygen atoms in total. The number of nitrogens with one attached hydrogen (secondary N) is 1. The molecule has 0 heterocycles. The summed E-state index contributed by atoms with van der Waals surface area (Å²) in [7, 11) is 0. The van der Waals surface area contributed by atoms with Crippen LogP contribution in [0.4, 0.5) is 0 Å². The molecular formula is C11H21NO3. The Morgan fingerprint density at radius 3 is 2.60 bits per heavy atom. The lowest BCUT2D eigenvalue weighted by molar-refractivity contribution is -0.148. The van der Waals surface area contributed by atoms with Gasteiger partial charge in [-0.25, -0.2) is 0 Å². The van der Waals surface area contributed by atoms with Crippen molar-refractivity contribution >= 4 is 5.97 Å². The normalized spacial score (nSPS) is 16.5. The van der Waals surface area contributed by atoms with E-state index in [9.17, 15) is 9.90 Å². The number of esters is 1. The van der Waals surface area contributed by atoms with E-state index >= 15 is 0 Å². The smallest absolute Gasteiger partial charge is 0.323 e. The van der Waals surface area contributed by atoms with Gasteiger partial charge in [-0.3, -0.25) is 4.79 Å². The van der Waals surface area contributed by atoms with Crippen LogP contribution in [0.25, 0.3) is 0 Å². The lowest BCUT2D eigenvalue weighted by Crippen LogP contribution is -2.46. The first-order valence-corrected chi connectivity index (χ1v) is 5.23. The molecule has 0 aliphatic rings. The summed E-state index contributed by atoms with van der Waals surface area (Å²) in [5.41, 5.74) is 0. The first-order chi connectivity index (χ1) is 7.04. The summed E-state index contributed by atoms with van der Waals surface area (Å²) in [6, 6.07) is -0.483. The van der Waals surface area contributed by atoms with Crippen LogP contribution >= 0.6 is 0 Å². The van der Waals surface area contributed by atoms with Crippen molar-refractivity contribution in [3.63, 3.8) is 0 Å². The van der Waals surface area contributed by atoms with Gasteiger partial charge in [0, 0.05) is 12.5 Å². The van der Waals surface area contributed by atoms with Gasteiger partial charge in [0.1, 0.15) is 6.04 Å². The molecule has 0 aliphatic heterocycles. The number of aliphatic hydroxyl groups is 1. The average Bonchev–Trinajstić information content (AvgIpc) is 2.18. The van der Waals surface area contributed by atoms with E-state index in [2.05, 4.69) is 11.9 Å². The molecule has 0 aromatic heterocycles. The van der Waals surface area contributed by atoms with Crippen LogP contribution in [0.15, 0.2) is 12.7 Å². The van der Waals surface area contributed by atoms with E-state index < -0.39 is 12.1 Å². The molecule has 4 heteroatoms. The Bertz CT molecular complexity index is 204. The van der Waals surface area contributed by atoms with Gasteiger partial charge in [-0.1, -0.05) is 13.0 Å². The fourth-order valence-corrected chi connectivity index (χ4v) is 1.20. The van der Waals surface area contributed by atoms with Gasteiger partial charge in [0.15, 0.2) is 0 Å². The van der Waals surface area contributed by atoms with Gasteiger partial charge in [0.2, 0.25) is 0 Å². The third-order valence-electron chi connectivity index (χ3n) is 2.31. The van der Waals surface area contributed by atoms with E-state index in [1.165, 1.54) is 0 Å². The highest BCUT2D eigenvalue weighted by Gasteiger charge is 2.28. The van der Waals surface area contributed by atoms with Gasteiger partial charge in [-0.15, -0.1) is 6.58 Å². The highest BCUT2D eigenvalue weighted by molar-refractivity contribution is 5.76. The minimum atomic E-state index is -0.559. The van der Waals surface area contributed by atoms with Gasteiger partial charge in [0.25, 0.3) is 0 Å². The van der Waals surface area contributed by atoms with Crippen molar-refractivity contribution in [2.75, 3.05) is 13.2 Å². The Morgan fingerprint density at radius 1 is 1.60 bits per heavy atom. The summed E-state index contributed by atoms with van der Waals surface area (Å²) >= 11 is 0. The van der Waals surface area contributed by atoms with E-state index in [-0.39, 0.29) is 11.9 Å². The molecular weight excluding hydrogens is 194 g/mol. The lowest BCUT2D eigenvalue weighted by Gasteiger charge is -2.24. The molecule has 88 valence electrons. The molecule has 0 spiro atoms. The van der Waals surface area contributed by atoms with E-state index in [4.69, 9.17) is 4.74 Å². The van der Waals surface area contributed by atoms with Gasteiger partial charge in [-0.05, 0) is 13.8 Å². The van der Waals surface area contributed by atoms with E-state index in [1.54, 1.807) is 19.9 Å². The van der Waals surface area contributed by atoms with Gasteiger partial charge in [0.05, 0.1) is 12.7 Å². The Balaban J connectivity index is 4.41. The van der Waals surface area contributed by atoms with Crippen LogP contribution in [0.1, 0.15) is 20.8 Å². The third-order valence-corrected chi connectivity index (χ3v) is 2.31. The minimum Gasteiger partial charge on any atom is -0.465 e. The Labute approximate surface area is 91.3 Å². The molecule has 0 unspecified atom stereocenters. The Morgan fingerprint density at radius 2 is 2.20 bits per heavy atom. The fourth-order valence-electron chi connectivity index (χ4n) is 1.20. The fraction of sp³-hybridized carbons (Fsp3) is 0.727. The molecule has 3 atom stereocenters. The van der Waals surface area contributed by atoms with Gasteiger partial charge >= 0.3 is 5.97 Å². The van der Waals surface area contributed by atoms with Crippen LogP contribution in [-0.4, -0.2) is 36.4 Å². The molecule has 0 aromatic carbocycles. The van der Waals surface area contributed by atoms with E-state index in [1.807, 2.05) is 6.92 Å². The summed E-state index contributed by atoms with van der Waals surface area (Å²) in [6.45, 7) is 9.65. The zero-order chi connectivity index (χ0) is 11.8. The van der Waals surface area contributed by atoms with Crippen LogP contribution in [0, 0.1) is 5.92 Å². The maximum Gasteiger partial charge on any atom is 0.323 e. The van der Waals surface area contributed by atoms with Crippen LogP contribution in [0.2, 0.25) is 0 Å². The first kappa shape index (κ1) is 14.1. The lowest BCUT2D eigenvalue weighted by atomic mass is 9.96. The molecule has 0 radical (unpaired) electrons. The molecule has 0 saturated carbocycles. The van der Waals surface area contributed by atoms with E-state index in [0.29, 0.717) is 13.2 Å². The second-order valence-electron chi connectivity index (χ2n) is 3.53. The van der Waals surface area contributed by atoms with Crippen molar-refractivity contribution in [3.8, 4) is 0 Å². The summed E-state index contributed by atoms with van der Waals surface area (Å²) in [4.78, 5) is 11.6. The quantitative estimate of drug-likeness (QED) is 0.485. The summed E-state index contributed by atoms with van der Waals surface area (Å²) in [5, 5.41) is 12.4. The monoisotopic (exact) mass is 215 g/mol. The zero-order valence-corrected chi connectivity index (χ0v) is 9.69. The highest BCUT2D eigenvalue weighted by Crippen LogP contribution is 2.10. The number of aliphatic hydroxyl groups excluding tert-OH is 1. The van der Waals surface area contributed by atoms with Crippen molar-refractivity contribution in [3.05, 3.63) is 12.7 Å². The Hall–Kier alpha value is -0.870. The number of carbonyl (C=O) groups is 1. The summed E-state index contributed by atoms with van der Waals surface area (Å²) in [5.74, 6) is -0.517. The number of ether oxygens (including phenoxy) is 1. The van der Waals surface area contributed by atoms with Crippen LogP contribution < -0.4 is 5.32 Å². The number of hydrogen-bond acceptors (Lipinski definition) is 4. The van der Waals surface area contributed by atoms with Crippen LogP contribution in [0.3, 0.4) is 0 Å². The minimum absolute atomic E-state index is 0.191. The summed E-state index contributed by atoms with van der Waals surface area (Å²) in [6.07, 6.45) is 1.11. The SMILES string of the molecule is C=CCN[C@H](C(=O)OCC)[C@@H](C)[C@@H](C)O. The van der Waals surface area contributed by atoms with E-state index in [0.717, 1.165) is 0 Å². The molecule has 0 bridgehead atoms. The predicted octanol–water partition coefficient (Wildman–Crippen LogP) is 0.711. The van der Waals surface area contributed by atoms with Crippen molar-refractivity contribution in [1.29, 1.82) is 0 Å². The van der Waals surface area contributed by atoms with Gasteiger partial charge < -0.3 is 15.2 Å². The topological polar surface area (TPSA) is 58.6 Å². The van der Waals surface area contributed by atoms with Crippen molar-refractivity contribution in [2.24, 2.45) is 5.92 Å². The largest absolute Gasteiger partial charge is 0.465 e. The highest BCUT2D eigenvalue weighted by atomic mass is 16.5. The summed E-state index contributed by atoms with van der Waals surface area (Å²) < 4.78 is 4.93. The third kappa shape index (κ3) is 4.95. The van der Waals surface area contributed by atoms with Crippen LogP contribution in [0.5, 0.6) is 0 Å². The molecule has 0 fully saturated rings. The van der Waals surface area contributed by atoms with Crippen molar-refractivity contribution in [2.45, 2.75) is 32.9 Å². The average molecular weight is 215 g/mol. The number of carbonyl (C=O) groups excluding carboxylic acids is 1. The molecule has 0 aliphatic carbocycles. The maximum atomic E-state index is 11.6. The molecule has 0 saturated heterocycles. The molecule has 0 amide bonds. The predicted molar refractivity (Wildman–Crippen MR) is 59.5 cm³/mol. The molecule has 2 N–H and O–H groups in total. The van der Waals surface area contributed by atoms with Gasteiger partial charge in [-0.2, -0.15) is 0 Å². The number of rotatable bonds is 7. The zero-order valence-electron chi connectivity index (χ0n) is 9.69. The molecule has 15 heavy (non-hydrogen) atoms. The second-order valence-corrected chi connectivity index (χ2v) is 3.53. The maximum absolute atomic E-state index is 11.6.